The van der Waals surface area contributed by atoms with Crippen LogP contribution in [-0.2, 0) is 11.2 Å². The van der Waals surface area contributed by atoms with Crippen molar-refractivity contribution in [2.24, 2.45) is 5.72 Å². The summed E-state index contributed by atoms with van der Waals surface area (Å²) in [5.41, 5.74) is -0.918. The number of benzene rings is 1. The van der Waals surface area contributed by atoms with Crippen molar-refractivity contribution in [1.29, 1.82) is 0 Å². The zero-order valence-electron chi connectivity index (χ0n) is 17.8. The summed E-state index contributed by atoms with van der Waals surface area (Å²) in [5, 5.41) is 12.8. The maximum atomic E-state index is 11.6. The number of ether oxygens (including phenoxy) is 1. The van der Waals surface area contributed by atoms with Crippen molar-refractivity contribution in [1.82, 2.24) is 5.32 Å². The van der Waals surface area contributed by atoms with Gasteiger partial charge in [0.1, 0.15) is 18.4 Å². The molecule has 5 nitrogen and oxygen atoms in total. The van der Waals surface area contributed by atoms with Crippen LogP contribution in [-0.4, -0.2) is 36.3 Å². The van der Waals surface area contributed by atoms with Crippen LogP contribution in [0.1, 0.15) is 26.3 Å². The number of nitrogens with two attached hydrogens (primary N) is 1. The number of aliphatic hydroxyl groups excluding tert-OH is 1. The molecular formula is C14H22N2O3. The fraction of sp³-hybridized carbons (Fsp3) is 0.500. The number of rotatable bonds is 8. The Morgan fingerprint density at radius 2 is 2.42 bits per heavy atom. The van der Waals surface area contributed by atoms with Gasteiger partial charge in [0.05, 0.1) is 10.5 Å². The van der Waals surface area contributed by atoms with Gasteiger partial charge in [-0.25, -0.2) is 0 Å². The number of hydrogen-bond donors (Lipinski definition) is 3. The van der Waals surface area contributed by atoms with Gasteiger partial charge in [0.25, 0.3) is 0 Å². The number of amides is 1. The third kappa shape index (κ3) is 6.79. The number of nitrogens with one attached hydrogen (secondary N) is 1. The minimum absolute atomic E-state index is 0.0882. The van der Waals surface area contributed by atoms with Crippen LogP contribution in [0.2, 0.25) is 2.82 Å². The van der Waals surface area contributed by atoms with E-state index in [1.54, 1.807) is 0 Å². The van der Waals surface area contributed by atoms with E-state index in [-0.39, 0.29) is 18.3 Å². The molecule has 0 saturated heterocycles. The molecule has 1 aromatic carbocycles. The Morgan fingerprint density at radius 1 is 1.63 bits per heavy atom. The van der Waals surface area contributed by atoms with Gasteiger partial charge in [0.2, 0.25) is 5.91 Å². The Kier molecular flexibility index (Phi) is 3.21. The van der Waals surface area contributed by atoms with E-state index in [9.17, 15) is 9.90 Å². The Balaban J connectivity index is 3.02. The van der Waals surface area contributed by atoms with Gasteiger partial charge >= 0.3 is 0 Å². The molecule has 2 unspecified atom stereocenters. The predicted molar refractivity (Wildman–Crippen MR) is 74.0 cm³/mol. The fourth-order valence-corrected chi connectivity index (χ4v) is 1.18. The van der Waals surface area contributed by atoms with Crippen molar-refractivity contribution in [2.45, 2.75) is 32.4 Å². The van der Waals surface area contributed by atoms with E-state index in [4.69, 9.17) is 14.4 Å². The van der Waals surface area contributed by atoms with Crippen molar-refractivity contribution >= 4 is 5.91 Å². The molecule has 1 rings (SSSR count). The van der Waals surface area contributed by atoms with Crippen molar-refractivity contribution in [3.63, 3.8) is 0 Å². The summed E-state index contributed by atoms with van der Waals surface area (Å²) in [6, 6.07) is 1.01. The molecule has 0 fully saturated rings. The van der Waals surface area contributed by atoms with E-state index in [1.165, 1.54) is 0 Å². The van der Waals surface area contributed by atoms with Crippen LogP contribution in [0, 0.1) is 0 Å². The Labute approximate surface area is 123 Å². The van der Waals surface area contributed by atoms with Crippen molar-refractivity contribution in [3.05, 3.63) is 29.8 Å². The van der Waals surface area contributed by atoms with E-state index >= 15 is 0 Å². The van der Waals surface area contributed by atoms with E-state index < -0.39 is 48.3 Å². The highest BCUT2D eigenvalue weighted by molar-refractivity contribution is 5.76. The Morgan fingerprint density at radius 3 is 3.11 bits per heavy atom. The number of carbonyl (C=O) groups excluding carboxylic acids is 1. The molecular weight excluding hydrogens is 244 g/mol. The molecule has 0 aliphatic heterocycles. The molecule has 1 amide bonds. The second-order valence-corrected chi connectivity index (χ2v) is 4.18. The summed E-state index contributed by atoms with van der Waals surface area (Å²) in [7, 11) is 0. The average Bonchev–Trinajstić information content (AvgIpc) is 2.55. The maximum absolute atomic E-state index is 11.6. The first-order valence-electron chi connectivity index (χ1n) is 9.30. The lowest BCUT2D eigenvalue weighted by molar-refractivity contribution is -0.117. The molecule has 0 radical (unpaired) electrons. The molecule has 0 heterocycles. The summed E-state index contributed by atoms with van der Waals surface area (Å²) in [5.74, 6) is -1.73. The summed E-state index contributed by atoms with van der Waals surface area (Å²) in [6.07, 6.45) is -4.03. The van der Waals surface area contributed by atoms with Crippen LogP contribution in [0.3, 0.4) is 0 Å². The molecule has 0 spiro atoms. The average molecular weight is 273 g/mol. The van der Waals surface area contributed by atoms with Crippen LogP contribution in [0.15, 0.2) is 24.2 Å². The van der Waals surface area contributed by atoms with Crippen LogP contribution >= 0.6 is 0 Å². The molecule has 4 N–H and O–H groups in total. The van der Waals surface area contributed by atoms with Crippen LogP contribution < -0.4 is 15.8 Å². The SMILES string of the molecule is [2H]c1c(OC([2H])C(O)CNC(C)C)ccc(C([2H])([2H])C(=O)N([2H])[2H])c1[2H]. The largest absolute Gasteiger partial charge is 0.491 e. The second-order valence-electron chi connectivity index (χ2n) is 4.18. The minimum atomic E-state index is -2.84. The van der Waals surface area contributed by atoms with Gasteiger partial charge in [-0.3, -0.25) is 4.79 Å². The topological polar surface area (TPSA) is 84.6 Å². The van der Waals surface area contributed by atoms with Crippen molar-refractivity contribution in [2.75, 3.05) is 13.1 Å². The van der Waals surface area contributed by atoms with Gasteiger partial charge in [0.15, 0.2) is 2.82 Å². The summed E-state index contributed by atoms with van der Waals surface area (Å²) < 4.78 is 57.9. The van der Waals surface area contributed by atoms with Crippen molar-refractivity contribution in [3.8, 4) is 5.75 Å². The lowest BCUT2D eigenvalue weighted by Gasteiger charge is -2.15. The highest BCUT2D eigenvalue weighted by atomic mass is 16.5. The quantitative estimate of drug-likeness (QED) is 0.642. The van der Waals surface area contributed by atoms with E-state index in [2.05, 4.69) is 5.32 Å². The van der Waals surface area contributed by atoms with E-state index in [0.29, 0.717) is 0 Å². The van der Waals surface area contributed by atoms with Crippen LogP contribution in [0.5, 0.6) is 5.75 Å². The van der Waals surface area contributed by atoms with Gasteiger partial charge in [0, 0.05) is 15.3 Å². The number of primary amides is 1. The zero-order chi connectivity index (χ0) is 20.2. The molecule has 19 heavy (non-hydrogen) atoms. The molecule has 0 bridgehead atoms. The molecule has 0 saturated carbocycles. The van der Waals surface area contributed by atoms with E-state index in [1.807, 2.05) is 13.8 Å². The standard InChI is InChI=1S/C14H22N2O3/c1-10(2)16-8-12(17)9-19-13-5-3-11(4-6-13)7-14(15)18/h3-6,10,12,16-17H,7-9H2,1-2H3,(H2,15,18)/i3D,5D,7D2,9D/hD2. The zero-order valence-corrected chi connectivity index (χ0v) is 10.8. The monoisotopic (exact) mass is 273 g/mol. The van der Waals surface area contributed by atoms with Crippen LogP contribution in [0.25, 0.3) is 0 Å². The molecule has 0 aliphatic rings. The summed E-state index contributed by atoms with van der Waals surface area (Å²) >= 11 is 0. The Hall–Kier alpha value is -1.59. The molecule has 0 aromatic heterocycles. The lowest BCUT2D eigenvalue weighted by atomic mass is 10.1. The smallest absolute Gasteiger partial charge is 0.221 e. The first-order chi connectivity index (χ1) is 11.9. The normalized spacial score (nSPS) is 19.9. The number of aliphatic hydroxyl groups is 1. The molecule has 2 atom stereocenters. The summed E-state index contributed by atoms with van der Waals surface area (Å²) in [4.78, 5) is 11.6. The van der Waals surface area contributed by atoms with Crippen LogP contribution in [0.4, 0.5) is 0 Å². The van der Waals surface area contributed by atoms with Crippen molar-refractivity contribution < 1.29 is 24.3 Å². The lowest BCUT2D eigenvalue weighted by Crippen LogP contribution is -2.35. The minimum Gasteiger partial charge on any atom is -0.491 e. The first kappa shape index (κ1) is 7.87. The molecule has 5 heteroatoms. The highest BCUT2D eigenvalue weighted by Gasteiger charge is 2.06. The maximum Gasteiger partial charge on any atom is 0.221 e. The van der Waals surface area contributed by atoms with Gasteiger partial charge in [-0.1, -0.05) is 26.0 Å². The molecule has 1 aromatic rings. The summed E-state index contributed by atoms with van der Waals surface area (Å²) in [6.45, 7) is 2.38. The van der Waals surface area contributed by atoms with Gasteiger partial charge in [-0.05, 0) is 17.7 Å². The van der Waals surface area contributed by atoms with E-state index in [0.717, 1.165) is 12.1 Å². The van der Waals surface area contributed by atoms with Gasteiger partial charge in [-0.2, -0.15) is 0 Å². The van der Waals surface area contributed by atoms with Gasteiger partial charge < -0.3 is 20.9 Å². The third-order valence-electron chi connectivity index (χ3n) is 2.05. The number of carbonyl (C=O) groups is 1. The third-order valence-corrected chi connectivity index (χ3v) is 2.05. The molecule has 0 aliphatic carbocycles. The fourth-order valence-electron chi connectivity index (χ4n) is 1.18. The molecule has 106 valence electrons. The Bertz CT molecular complexity index is 643. The first-order valence-corrected chi connectivity index (χ1v) is 5.82. The predicted octanol–water partition coefficient (Wildman–Crippen LogP) is 0.452. The second kappa shape index (κ2) is 7.76. The highest BCUT2D eigenvalue weighted by Crippen LogP contribution is 2.12. The number of hydrogen-bond acceptors (Lipinski definition) is 4. The van der Waals surface area contributed by atoms with Gasteiger partial charge in [-0.15, -0.1) is 0 Å².